The summed E-state index contributed by atoms with van der Waals surface area (Å²) in [5.41, 5.74) is 7.88. The Balaban J connectivity index is 2.25. The van der Waals surface area contributed by atoms with E-state index in [1.165, 1.54) is 6.07 Å². The fraction of sp³-hybridized carbons (Fsp3) is 0.143. The highest BCUT2D eigenvalue weighted by atomic mass is 79.9. The average molecular weight is 336 g/mol. The quantitative estimate of drug-likeness (QED) is 0.500. The van der Waals surface area contributed by atoms with Gasteiger partial charge in [-0.05, 0) is 36.8 Å². The Bertz CT molecular complexity index is 629. The van der Waals surface area contributed by atoms with Gasteiger partial charge < -0.3 is 11.1 Å². The number of nitro benzene ring substituents is 1. The lowest BCUT2D eigenvalue weighted by atomic mass is 10.1. The zero-order valence-corrected chi connectivity index (χ0v) is 12.4. The van der Waals surface area contributed by atoms with Gasteiger partial charge in [-0.25, -0.2) is 0 Å². The third-order valence-electron chi connectivity index (χ3n) is 2.96. The number of halogens is 1. The number of nitro groups is 1. The Morgan fingerprint density at radius 3 is 2.50 bits per heavy atom. The standard InChI is InChI=1S/C14H14BrN3O2/c1-9(10-2-5-12(16)6-3-10)17-13-7-4-11(15)8-14(13)18(19)20/h2-9,17H,16H2,1H3. The summed E-state index contributed by atoms with van der Waals surface area (Å²) >= 11 is 3.24. The third kappa shape index (κ3) is 3.27. The van der Waals surface area contributed by atoms with Crippen molar-refractivity contribution in [2.24, 2.45) is 0 Å². The van der Waals surface area contributed by atoms with E-state index in [2.05, 4.69) is 21.2 Å². The first-order valence-corrected chi connectivity index (χ1v) is 6.82. The van der Waals surface area contributed by atoms with Crippen LogP contribution in [-0.4, -0.2) is 4.92 Å². The van der Waals surface area contributed by atoms with Crippen molar-refractivity contribution in [2.45, 2.75) is 13.0 Å². The number of nitrogen functional groups attached to an aromatic ring is 1. The van der Waals surface area contributed by atoms with Crippen molar-refractivity contribution in [1.29, 1.82) is 0 Å². The summed E-state index contributed by atoms with van der Waals surface area (Å²) in [7, 11) is 0. The van der Waals surface area contributed by atoms with Crippen LogP contribution in [0.2, 0.25) is 0 Å². The number of benzene rings is 2. The number of nitrogens with zero attached hydrogens (tertiary/aromatic N) is 1. The Morgan fingerprint density at radius 1 is 1.25 bits per heavy atom. The molecule has 1 atom stereocenters. The Kier molecular flexibility index (Phi) is 4.24. The predicted octanol–water partition coefficient (Wildman–Crippen LogP) is 4.11. The SMILES string of the molecule is CC(Nc1ccc(Br)cc1[N+](=O)[O-])c1ccc(N)cc1. The molecule has 2 rings (SSSR count). The van der Waals surface area contributed by atoms with Crippen LogP contribution in [-0.2, 0) is 0 Å². The van der Waals surface area contributed by atoms with E-state index >= 15 is 0 Å². The molecule has 0 fully saturated rings. The lowest BCUT2D eigenvalue weighted by molar-refractivity contribution is -0.384. The average Bonchev–Trinajstić information content (AvgIpc) is 2.41. The summed E-state index contributed by atoms with van der Waals surface area (Å²) in [5.74, 6) is 0. The first-order valence-electron chi connectivity index (χ1n) is 6.03. The minimum atomic E-state index is -0.400. The molecule has 0 aliphatic heterocycles. The minimum absolute atomic E-state index is 0.0432. The summed E-state index contributed by atoms with van der Waals surface area (Å²) in [6.07, 6.45) is 0. The molecule has 0 saturated carbocycles. The van der Waals surface area contributed by atoms with Crippen LogP contribution in [0.4, 0.5) is 17.1 Å². The summed E-state index contributed by atoms with van der Waals surface area (Å²) < 4.78 is 0.676. The third-order valence-corrected chi connectivity index (χ3v) is 3.46. The number of anilines is 2. The van der Waals surface area contributed by atoms with Gasteiger partial charge in [0.05, 0.1) is 4.92 Å². The predicted molar refractivity (Wildman–Crippen MR) is 83.7 cm³/mol. The van der Waals surface area contributed by atoms with Crippen LogP contribution in [0.3, 0.4) is 0 Å². The first-order chi connectivity index (χ1) is 9.47. The molecule has 0 aliphatic carbocycles. The molecule has 2 aromatic rings. The smallest absolute Gasteiger partial charge is 0.293 e. The van der Waals surface area contributed by atoms with Gasteiger partial charge in [-0.15, -0.1) is 0 Å². The summed E-state index contributed by atoms with van der Waals surface area (Å²) in [4.78, 5) is 10.7. The van der Waals surface area contributed by atoms with Crippen molar-refractivity contribution in [2.75, 3.05) is 11.1 Å². The second kappa shape index (κ2) is 5.92. The maximum Gasteiger partial charge on any atom is 0.293 e. The highest BCUT2D eigenvalue weighted by Gasteiger charge is 2.16. The Labute approximate surface area is 125 Å². The van der Waals surface area contributed by atoms with Gasteiger partial charge in [0.15, 0.2) is 0 Å². The van der Waals surface area contributed by atoms with Crippen LogP contribution >= 0.6 is 15.9 Å². The molecule has 0 amide bonds. The molecule has 0 heterocycles. The molecule has 3 N–H and O–H groups in total. The van der Waals surface area contributed by atoms with Gasteiger partial charge in [0, 0.05) is 22.3 Å². The van der Waals surface area contributed by atoms with Crippen molar-refractivity contribution in [1.82, 2.24) is 0 Å². The largest absolute Gasteiger partial charge is 0.399 e. The maximum atomic E-state index is 11.1. The lowest BCUT2D eigenvalue weighted by Gasteiger charge is -2.16. The van der Waals surface area contributed by atoms with Gasteiger partial charge in [-0.2, -0.15) is 0 Å². The van der Waals surface area contributed by atoms with Crippen molar-refractivity contribution in [3.8, 4) is 0 Å². The normalized spacial score (nSPS) is 11.9. The van der Waals surface area contributed by atoms with Gasteiger partial charge >= 0.3 is 0 Å². The van der Waals surface area contributed by atoms with Gasteiger partial charge in [-0.3, -0.25) is 10.1 Å². The Morgan fingerprint density at radius 2 is 1.90 bits per heavy atom. The van der Waals surface area contributed by atoms with E-state index in [1.54, 1.807) is 12.1 Å². The molecule has 0 radical (unpaired) electrons. The van der Waals surface area contributed by atoms with Crippen molar-refractivity contribution in [3.05, 3.63) is 62.6 Å². The maximum absolute atomic E-state index is 11.1. The van der Waals surface area contributed by atoms with E-state index in [0.717, 1.165) is 5.56 Å². The van der Waals surface area contributed by atoms with E-state index in [0.29, 0.717) is 15.8 Å². The minimum Gasteiger partial charge on any atom is -0.399 e. The van der Waals surface area contributed by atoms with Gasteiger partial charge in [0.25, 0.3) is 5.69 Å². The van der Waals surface area contributed by atoms with E-state index in [1.807, 2.05) is 31.2 Å². The van der Waals surface area contributed by atoms with Crippen molar-refractivity contribution >= 4 is 33.0 Å². The van der Waals surface area contributed by atoms with Crippen LogP contribution in [0.5, 0.6) is 0 Å². The first kappa shape index (κ1) is 14.3. The van der Waals surface area contributed by atoms with Crippen molar-refractivity contribution in [3.63, 3.8) is 0 Å². The van der Waals surface area contributed by atoms with Crippen LogP contribution in [0.15, 0.2) is 46.9 Å². The fourth-order valence-corrected chi connectivity index (χ4v) is 2.23. The van der Waals surface area contributed by atoms with Crippen molar-refractivity contribution < 1.29 is 4.92 Å². The summed E-state index contributed by atoms with van der Waals surface area (Å²) in [6.45, 7) is 1.94. The second-order valence-corrected chi connectivity index (χ2v) is 5.37. The second-order valence-electron chi connectivity index (χ2n) is 4.45. The van der Waals surface area contributed by atoms with E-state index in [4.69, 9.17) is 5.73 Å². The molecule has 2 aromatic carbocycles. The molecule has 5 nitrogen and oxygen atoms in total. The van der Waals surface area contributed by atoms with E-state index in [-0.39, 0.29) is 11.7 Å². The molecule has 20 heavy (non-hydrogen) atoms. The zero-order chi connectivity index (χ0) is 14.7. The number of hydrogen-bond acceptors (Lipinski definition) is 4. The molecule has 104 valence electrons. The van der Waals surface area contributed by atoms with Crippen LogP contribution in [0.25, 0.3) is 0 Å². The van der Waals surface area contributed by atoms with Crippen LogP contribution in [0, 0.1) is 10.1 Å². The van der Waals surface area contributed by atoms with E-state index in [9.17, 15) is 10.1 Å². The highest BCUT2D eigenvalue weighted by molar-refractivity contribution is 9.10. The Hall–Kier alpha value is -2.08. The molecule has 6 heteroatoms. The molecular formula is C14H14BrN3O2. The molecule has 0 saturated heterocycles. The molecule has 0 spiro atoms. The fourth-order valence-electron chi connectivity index (χ4n) is 1.88. The molecule has 1 unspecified atom stereocenters. The molecule has 0 aromatic heterocycles. The van der Waals surface area contributed by atoms with Crippen LogP contribution in [0.1, 0.15) is 18.5 Å². The topological polar surface area (TPSA) is 81.2 Å². The van der Waals surface area contributed by atoms with Gasteiger partial charge in [0.1, 0.15) is 5.69 Å². The summed E-state index contributed by atoms with van der Waals surface area (Å²) in [5, 5.41) is 14.2. The van der Waals surface area contributed by atoms with Gasteiger partial charge in [0.2, 0.25) is 0 Å². The summed E-state index contributed by atoms with van der Waals surface area (Å²) in [6, 6.07) is 12.3. The number of hydrogen-bond donors (Lipinski definition) is 2. The van der Waals surface area contributed by atoms with Crippen LogP contribution < -0.4 is 11.1 Å². The number of rotatable bonds is 4. The van der Waals surface area contributed by atoms with Gasteiger partial charge in [-0.1, -0.05) is 28.1 Å². The zero-order valence-electron chi connectivity index (χ0n) is 10.8. The number of nitrogens with two attached hydrogens (primary N) is 1. The lowest BCUT2D eigenvalue weighted by Crippen LogP contribution is -2.08. The monoisotopic (exact) mass is 335 g/mol. The molecular weight excluding hydrogens is 322 g/mol. The van der Waals surface area contributed by atoms with E-state index < -0.39 is 4.92 Å². The number of nitrogens with one attached hydrogen (secondary N) is 1. The molecule has 0 aliphatic rings. The highest BCUT2D eigenvalue weighted by Crippen LogP contribution is 2.31. The molecule has 0 bridgehead atoms.